The number of anilines is 1. The zero-order valence-corrected chi connectivity index (χ0v) is 22.6. The standard InChI is InChI=1S/C32H33NO6/c1-5-17-39-32(37)23-13-10-14-24(18-23)33-28(21-11-8-7-9-12-21)27(30(35)31(33)36)29(34)22-15-16-26(38-6-2)25(19-22)20(3)4/h7-16,18-20,28,34H,5-6,17H2,1-4H3/b29-27-. The molecule has 1 saturated heterocycles. The van der Waals surface area contributed by atoms with Crippen molar-refractivity contribution in [2.75, 3.05) is 18.1 Å². The van der Waals surface area contributed by atoms with E-state index in [9.17, 15) is 19.5 Å². The monoisotopic (exact) mass is 527 g/mol. The van der Waals surface area contributed by atoms with Crippen LogP contribution in [0.25, 0.3) is 5.76 Å². The number of rotatable bonds is 9. The van der Waals surface area contributed by atoms with E-state index in [1.807, 2.05) is 45.9 Å². The number of benzene rings is 3. The number of hydrogen-bond acceptors (Lipinski definition) is 6. The molecule has 3 aromatic carbocycles. The minimum absolute atomic E-state index is 0.0240. The first kappa shape index (κ1) is 27.6. The van der Waals surface area contributed by atoms with E-state index < -0.39 is 23.7 Å². The Balaban J connectivity index is 1.87. The first-order valence-electron chi connectivity index (χ1n) is 13.2. The lowest BCUT2D eigenvalue weighted by Crippen LogP contribution is -2.29. The fraction of sp³-hybridized carbons (Fsp3) is 0.281. The van der Waals surface area contributed by atoms with Gasteiger partial charge in [0.05, 0.1) is 30.4 Å². The number of carbonyl (C=O) groups excluding carboxylic acids is 3. The number of esters is 1. The fourth-order valence-corrected chi connectivity index (χ4v) is 4.70. The maximum absolute atomic E-state index is 13.5. The van der Waals surface area contributed by atoms with Crippen molar-refractivity contribution in [3.8, 4) is 5.75 Å². The summed E-state index contributed by atoms with van der Waals surface area (Å²) < 4.78 is 11.0. The third kappa shape index (κ3) is 5.58. The van der Waals surface area contributed by atoms with Crippen LogP contribution in [0.5, 0.6) is 5.75 Å². The van der Waals surface area contributed by atoms with Crippen LogP contribution in [0, 0.1) is 0 Å². The molecular weight excluding hydrogens is 494 g/mol. The van der Waals surface area contributed by atoms with Gasteiger partial charge in [0, 0.05) is 11.3 Å². The van der Waals surface area contributed by atoms with E-state index in [4.69, 9.17) is 9.47 Å². The largest absolute Gasteiger partial charge is 0.507 e. The van der Waals surface area contributed by atoms with Crippen LogP contribution in [0.15, 0.2) is 78.4 Å². The number of ether oxygens (including phenoxy) is 2. The minimum atomic E-state index is -0.901. The lowest BCUT2D eigenvalue weighted by Gasteiger charge is -2.26. The Labute approximate surface area is 228 Å². The van der Waals surface area contributed by atoms with Gasteiger partial charge in [-0.25, -0.2) is 4.79 Å². The maximum atomic E-state index is 13.5. The summed E-state index contributed by atoms with van der Waals surface area (Å²) in [6.45, 7) is 8.61. The van der Waals surface area contributed by atoms with Gasteiger partial charge < -0.3 is 14.6 Å². The Bertz CT molecular complexity index is 1410. The molecule has 1 amide bonds. The highest BCUT2D eigenvalue weighted by Gasteiger charge is 2.47. The summed E-state index contributed by atoms with van der Waals surface area (Å²) in [6, 6.07) is 19.8. The van der Waals surface area contributed by atoms with Gasteiger partial charge in [-0.1, -0.05) is 57.2 Å². The van der Waals surface area contributed by atoms with E-state index >= 15 is 0 Å². The fourth-order valence-electron chi connectivity index (χ4n) is 4.70. The molecule has 7 heteroatoms. The second-order valence-electron chi connectivity index (χ2n) is 9.61. The molecule has 39 heavy (non-hydrogen) atoms. The number of Topliss-reactive ketones (excluding diaryl/α,β-unsaturated/α-hetero) is 1. The number of ketones is 1. The topological polar surface area (TPSA) is 93.1 Å². The minimum Gasteiger partial charge on any atom is -0.507 e. The van der Waals surface area contributed by atoms with Crippen LogP contribution >= 0.6 is 0 Å². The quantitative estimate of drug-likeness (QED) is 0.150. The van der Waals surface area contributed by atoms with Crippen LogP contribution in [0.4, 0.5) is 5.69 Å². The van der Waals surface area contributed by atoms with Crippen LogP contribution in [0.3, 0.4) is 0 Å². The first-order chi connectivity index (χ1) is 18.8. The molecule has 1 N–H and O–H groups in total. The van der Waals surface area contributed by atoms with Crippen molar-refractivity contribution in [3.05, 3.63) is 101 Å². The first-order valence-corrected chi connectivity index (χ1v) is 13.2. The molecule has 202 valence electrons. The van der Waals surface area contributed by atoms with Crippen molar-refractivity contribution in [1.29, 1.82) is 0 Å². The van der Waals surface area contributed by atoms with Crippen LogP contribution in [-0.2, 0) is 14.3 Å². The molecular formula is C32H33NO6. The maximum Gasteiger partial charge on any atom is 0.338 e. The van der Waals surface area contributed by atoms with Gasteiger partial charge in [-0.15, -0.1) is 0 Å². The molecule has 0 aromatic heterocycles. The lowest BCUT2D eigenvalue weighted by atomic mass is 9.93. The molecule has 1 aliphatic rings. The number of nitrogens with zero attached hydrogens (tertiary/aromatic N) is 1. The number of aliphatic hydroxyl groups excluding tert-OH is 1. The average molecular weight is 528 g/mol. The summed E-state index contributed by atoms with van der Waals surface area (Å²) in [4.78, 5) is 40.9. The third-order valence-corrected chi connectivity index (χ3v) is 6.56. The van der Waals surface area contributed by atoms with Gasteiger partial charge in [0.1, 0.15) is 11.5 Å². The normalized spacial score (nSPS) is 16.5. The second-order valence-corrected chi connectivity index (χ2v) is 9.61. The smallest absolute Gasteiger partial charge is 0.338 e. The van der Waals surface area contributed by atoms with Crippen molar-refractivity contribution in [2.45, 2.75) is 46.1 Å². The number of carbonyl (C=O) groups is 3. The number of amides is 1. The molecule has 1 unspecified atom stereocenters. The molecule has 1 fully saturated rings. The summed E-state index contributed by atoms with van der Waals surface area (Å²) in [7, 11) is 0. The molecule has 4 rings (SSSR count). The number of hydrogen-bond donors (Lipinski definition) is 1. The van der Waals surface area contributed by atoms with Gasteiger partial charge in [-0.05, 0) is 66.8 Å². The summed E-state index contributed by atoms with van der Waals surface area (Å²) in [5.74, 6) is -1.58. The van der Waals surface area contributed by atoms with Crippen molar-refractivity contribution >= 4 is 29.1 Å². The van der Waals surface area contributed by atoms with E-state index in [2.05, 4.69) is 0 Å². The van der Waals surface area contributed by atoms with Crippen molar-refractivity contribution in [2.24, 2.45) is 0 Å². The molecule has 1 atom stereocenters. The van der Waals surface area contributed by atoms with Crippen molar-refractivity contribution < 1.29 is 29.0 Å². The van der Waals surface area contributed by atoms with Gasteiger partial charge >= 0.3 is 5.97 Å². The highest BCUT2D eigenvalue weighted by molar-refractivity contribution is 6.51. The molecule has 0 radical (unpaired) electrons. The Morgan fingerprint density at radius 3 is 2.36 bits per heavy atom. The Kier molecular flexibility index (Phi) is 8.49. The molecule has 1 aliphatic heterocycles. The molecule has 0 bridgehead atoms. The molecule has 1 heterocycles. The SMILES string of the molecule is CCCOC(=O)c1cccc(N2C(=O)C(=O)/C(=C(\O)c3ccc(OCC)c(C(C)C)c3)C2c2ccccc2)c1. The van der Waals surface area contributed by atoms with E-state index in [1.165, 1.54) is 11.0 Å². The highest BCUT2D eigenvalue weighted by Crippen LogP contribution is 2.43. The van der Waals surface area contributed by atoms with Gasteiger partial charge in [0.25, 0.3) is 11.7 Å². The molecule has 0 saturated carbocycles. The molecule has 3 aromatic rings. The van der Waals surface area contributed by atoms with Crippen LogP contribution < -0.4 is 9.64 Å². The third-order valence-electron chi connectivity index (χ3n) is 6.56. The Morgan fingerprint density at radius 1 is 0.949 bits per heavy atom. The number of aliphatic hydroxyl groups is 1. The van der Waals surface area contributed by atoms with Gasteiger partial charge in [-0.2, -0.15) is 0 Å². The molecule has 7 nitrogen and oxygen atoms in total. The van der Waals surface area contributed by atoms with Crippen LogP contribution in [0.1, 0.15) is 73.1 Å². The van der Waals surface area contributed by atoms with Crippen LogP contribution in [0.2, 0.25) is 0 Å². The average Bonchev–Trinajstić information content (AvgIpc) is 3.22. The Hall–Kier alpha value is -4.39. The lowest BCUT2D eigenvalue weighted by molar-refractivity contribution is -0.132. The van der Waals surface area contributed by atoms with Gasteiger partial charge in [0.15, 0.2) is 0 Å². The summed E-state index contributed by atoms with van der Waals surface area (Å²) in [5.41, 5.74) is 2.53. The highest BCUT2D eigenvalue weighted by atomic mass is 16.5. The predicted molar refractivity (Wildman–Crippen MR) is 150 cm³/mol. The summed E-state index contributed by atoms with van der Waals surface area (Å²) in [6.07, 6.45) is 0.679. The van der Waals surface area contributed by atoms with E-state index in [0.29, 0.717) is 35.6 Å². The molecule has 0 aliphatic carbocycles. The van der Waals surface area contributed by atoms with Gasteiger partial charge in [-0.3, -0.25) is 14.5 Å². The second kappa shape index (κ2) is 12.0. The molecule has 0 spiro atoms. The van der Waals surface area contributed by atoms with E-state index in [-0.39, 0.29) is 29.4 Å². The zero-order chi connectivity index (χ0) is 28.1. The van der Waals surface area contributed by atoms with Crippen molar-refractivity contribution in [1.82, 2.24) is 0 Å². The Morgan fingerprint density at radius 2 is 1.69 bits per heavy atom. The summed E-state index contributed by atoms with van der Waals surface area (Å²) in [5, 5.41) is 11.5. The van der Waals surface area contributed by atoms with Crippen LogP contribution in [-0.4, -0.2) is 36.0 Å². The van der Waals surface area contributed by atoms with E-state index in [1.54, 1.807) is 48.5 Å². The van der Waals surface area contributed by atoms with E-state index in [0.717, 1.165) is 5.56 Å². The predicted octanol–water partition coefficient (Wildman–Crippen LogP) is 6.40. The van der Waals surface area contributed by atoms with Gasteiger partial charge in [0.2, 0.25) is 0 Å². The zero-order valence-electron chi connectivity index (χ0n) is 22.6. The summed E-state index contributed by atoms with van der Waals surface area (Å²) >= 11 is 0. The van der Waals surface area contributed by atoms with Crippen molar-refractivity contribution in [3.63, 3.8) is 0 Å².